The smallest absolute Gasteiger partial charge is 0.223 e. The minimum absolute atomic E-state index is 0.00294. The van der Waals surface area contributed by atoms with Crippen molar-refractivity contribution in [2.24, 2.45) is 5.41 Å². The summed E-state index contributed by atoms with van der Waals surface area (Å²) in [5.74, 6) is 0.707. The Kier molecular flexibility index (Phi) is 2.78. The molecule has 1 aliphatic rings. The lowest BCUT2D eigenvalue weighted by Gasteiger charge is -2.43. The highest BCUT2D eigenvalue weighted by Crippen LogP contribution is 2.47. The fraction of sp³-hybridized carbons (Fsp3) is 0.615. The van der Waals surface area contributed by atoms with Gasteiger partial charge in [-0.05, 0) is 12.1 Å². The van der Waals surface area contributed by atoms with Gasteiger partial charge in [-0.15, -0.1) is 0 Å². The van der Waals surface area contributed by atoms with E-state index in [0.29, 0.717) is 6.42 Å². The average Bonchev–Trinajstić information content (AvgIpc) is 2.82. The van der Waals surface area contributed by atoms with Gasteiger partial charge in [0.1, 0.15) is 5.76 Å². The second-order valence-corrected chi connectivity index (χ2v) is 5.51. The topological polar surface area (TPSA) is 51.5 Å². The van der Waals surface area contributed by atoms with Crippen LogP contribution in [0.1, 0.15) is 38.9 Å². The summed E-state index contributed by atoms with van der Waals surface area (Å²) in [6.45, 7) is 6.16. The number of hydrogen-bond acceptors (Lipinski definition) is 3. The monoisotopic (exact) mass is 237 g/mol. The lowest BCUT2D eigenvalue weighted by Crippen LogP contribution is -2.56. The molecule has 4 nitrogen and oxygen atoms in total. The second-order valence-electron chi connectivity index (χ2n) is 5.51. The Bertz CT molecular complexity index is 405. The predicted molar refractivity (Wildman–Crippen MR) is 63.4 cm³/mol. The minimum Gasteiger partial charge on any atom is -0.469 e. The number of nitrogens with one attached hydrogen (secondary N) is 1. The molecule has 0 aliphatic carbocycles. The largest absolute Gasteiger partial charge is 0.469 e. The molecule has 2 atom stereocenters. The van der Waals surface area contributed by atoms with Gasteiger partial charge in [0.2, 0.25) is 5.91 Å². The fourth-order valence-electron chi connectivity index (χ4n) is 2.67. The molecule has 1 aromatic rings. The maximum absolute atomic E-state index is 11.7. The molecule has 2 rings (SSSR count). The van der Waals surface area contributed by atoms with Crippen molar-refractivity contribution in [3.8, 4) is 0 Å². The van der Waals surface area contributed by atoms with Crippen molar-refractivity contribution in [2.75, 3.05) is 7.11 Å². The molecule has 0 radical (unpaired) electrons. The van der Waals surface area contributed by atoms with E-state index in [1.165, 1.54) is 0 Å². The van der Waals surface area contributed by atoms with E-state index in [-0.39, 0.29) is 17.2 Å². The Morgan fingerprint density at radius 1 is 1.53 bits per heavy atom. The highest BCUT2D eigenvalue weighted by molar-refractivity contribution is 5.81. The summed E-state index contributed by atoms with van der Waals surface area (Å²) < 4.78 is 11.1. The molecular weight excluding hydrogens is 218 g/mol. The van der Waals surface area contributed by atoms with Crippen molar-refractivity contribution in [1.82, 2.24) is 5.32 Å². The van der Waals surface area contributed by atoms with E-state index in [1.807, 2.05) is 12.1 Å². The Hall–Kier alpha value is -1.29. The van der Waals surface area contributed by atoms with E-state index < -0.39 is 5.72 Å². The van der Waals surface area contributed by atoms with Crippen LogP contribution in [0.5, 0.6) is 0 Å². The van der Waals surface area contributed by atoms with Crippen molar-refractivity contribution in [3.63, 3.8) is 0 Å². The van der Waals surface area contributed by atoms with Gasteiger partial charge >= 0.3 is 0 Å². The molecule has 1 saturated heterocycles. The van der Waals surface area contributed by atoms with Crippen molar-refractivity contribution in [3.05, 3.63) is 24.2 Å². The molecule has 2 heterocycles. The van der Waals surface area contributed by atoms with Crippen LogP contribution in [0, 0.1) is 5.41 Å². The first kappa shape index (κ1) is 12.2. The van der Waals surface area contributed by atoms with E-state index >= 15 is 0 Å². The molecule has 4 heteroatoms. The molecule has 1 aliphatic heterocycles. The normalized spacial score (nSPS) is 29.4. The first-order valence-electron chi connectivity index (χ1n) is 5.80. The summed E-state index contributed by atoms with van der Waals surface area (Å²) in [5.41, 5.74) is -0.923. The van der Waals surface area contributed by atoms with Gasteiger partial charge in [-0.3, -0.25) is 4.79 Å². The molecule has 0 aromatic carbocycles. The van der Waals surface area contributed by atoms with Crippen molar-refractivity contribution < 1.29 is 13.9 Å². The zero-order chi connectivity index (χ0) is 12.7. The van der Waals surface area contributed by atoms with Crippen molar-refractivity contribution >= 4 is 5.91 Å². The van der Waals surface area contributed by atoms with Crippen LogP contribution in [0.3, 0.4) is 0 Å². The van der Waals surface area contributed by atoms with Gasteiger partial charge in [0.05, 0.1) is 12.2 Å². The second kappa shape index (κ2) is 3.88. The van der Waals surface area contributed by atoms with Crippen LogP contribution < -0.4 is 5.32 Å². The molecule has 1 fully saturated rings. The number of carbonyl (C=O) groups excluding carboxylic acids is 1. The van der Waals surface area contributed by atoms with Crippen LogP contribution >= 0.6 is 0 Å². The van der Waals surface area contributed by atoms with Crippen LogP contribution in [-0.4, -0.2) is 18.7 Å². The van der Waals surface area contributed by atoms with E-state index in [0.717, 1.165) is 5.76 Å². The SMILES string of the molecule is CO[C@@]1(C(C)(C)C)NC(=O)C[C@H]1c1ccco1. The number of carbonyl (C=O) groups is 1. The Morgan fingerprint density at radius 3 is 2.71 bits per heavy atom. The summed E-state index contributed by atoms with van der Waals surface area (Å²) in [6, 6.07) is 3.73. The highest BCUT2D eigenvalue weighted by Gasteiger charge is 2.56. The predicted octanol–water partition coefficient (Wildman–Crippen LogP) is 2.27. The van der Waals surface area contributed by atoms with E-state index in [4.69, 9.17) is 9.15 Å². The number of hydrogen-bond donors (Lipinski definition) is 1. The van der Waals surface area contributed by atoms with E-state index in [1.54, 1.807) is 13.4 Å². The van der Waals surface area contributed by atoms with Gasteiger partial charge in [-0.1, -0.05) is 20.8 Å². The third kappa shape index (κ3) is 1.76. The Balaban J connectivity index is 2.46. The van der Waals surface area contributed by atoms with Crippen LogP contribution in [0.15, 0.2) is 22.8 Å². The summed E-state index contributed by atoms with van der Waals surface area (Å²) in [5, 5.41) is 2.97. The lowest BCUT2D eigenvalue weighted by molar-refractivity contribution is -0.137. The van der Waals surface area contributed by atoms with E-state index in [2.05, 4.69) is 26.1 Å². The molecule has 0 saturated carbocycles. The molecule has 0 bridgehead atoms. The minimum atomic E-state index is -0.706. The number of amides is 1. The summed E-state index contributed by atoms with van der Waals surface area (Å²) in [6.07, 6.45) is 2.03. The summed E-state index contributed by atoms with van der Waals surface area (Å²) in [7, 11) is 1.63. The molecule has 1 amide bonds. The van der Waals surface area contributed by atoms with Gasteiger partial charge < -0.3 is 14.5 Å². The Morgan fingerprint density at radius 2 is 2.24 bits per heavy atom. The van der Waals surface area contributed by atoms with Crippen LogP contribution in [0.25, 0.3) is 0 Å². The lowest BCUT2D eigenvalue weighted by atomic mass is 9.75. The number of furan rings is 1. The maximum atomic E-state index is 11.7. The molecule has 17 heavy (non-hydrogen) atoms. The van der Waals surface area contributed by atoms with Gasteiger partial charge in [0.25, 0.3) is 0 Å². The number of methoxy groups -OCH3 is 1. The fourth-order valence-corrected chi connectivity index (χ4v) is 2.67. The number of ether oxygens (including phenoxy) is 1. The van der Waals surface area contributed by atoms with Crippen molar-refractivity contribution in [1.29, 1.82) is 0 Å². The quantitative estimate of drug-likeness (QED) is 0.858. The van der Waals surface area contributed by atoms with Crippen LogP contribution in [-0.2, 0) is 9.53 Å². The standard InChI is InChI=1S/C13H19NO3/c1-12(2,3)13(16-4)9(8-11(15)14-13)10-6-5-7-17-10/h5-7,9H,8H2,1-4H3,(H,14,15)/t9-,13-/m0/s1. The third-order valence-electron chi connectivity index (χ3n) is 3.53. The van der Waals surface area contributed by atoms with Gasteiger partial charge in [0.15, 0.2) is 5.72 Å². The summed E-state index contributed by atoms with van der Waals surface area (Å²) >= 11 is 0. The maximum Gasteiger partial charge on any atom is 0.223 e. The van der Waals surface area contributed by atoms with Gasteiger partial charge in [-0.2, -0.15) is 0 Å². The van der Waals surface area contributed by atoms with Gasteiger partial charge in [-0.25, -0.2) is 0 Å². The van der Waals surface area contributed by atoms with Crippen molar-refractivity contribution in [2.45, 2.75) is 38.8 Å². The summed E-state index contributed by atoms with van der Waals surface area (Å²) in [4.78, 5) is 11.7. The van der Waals surface area contributed by atoms with Crippen LogP contribution in [0.4, 0.5) is 0 Å². The molecule has 94 valence electrons. The average molecular weight is 237 g/mol. The number of rotatable bonds is 2. The molecule has 0 spiro atoms. The first-order chi connectivity index (χ1) is 7.90. The third-order valence-corrected chi connectivity index (χ3v) is 3.53. The zero-order valence-corrected chi connectivity index (χ0v) is 10.7. The highest BCUT2D eigenvalue weighted by atomic mass is 16.5. The molecule has 0 unspecified atom stereocenters. The Labute approximate surface area is 101 Å². The molecule has 1 N–H and O–H groups in total. The molecule has 1 aromatic heterocycles. The molecular formula is C13H19NO3. The van der Waals surface area contributed by atoms with E-state index in [9.17, 15) is 4.79 Å². The van der Waals surface area contributed by atoms with Gasteiger partial charge in [0, 0.05) is 18.9 Å². The van der Waals surface area contributed by atoms with Crippen LogP contribution in [0.2, 0.25) is 0 Å². The zero-order valence-electron chi connectivity index (χ0n) is 10.7. The first-order valence-corrected chi connectivity index (χ1v) is 5.80.